The summed E-state index contributed by atoms with van der Waals surface area (Å²) in [6, 6.07) is 3.64. The van der Waals surface area contributed by atoms with Crippen LogP contribution in [0.2, 0.25) is 0 Å². The Hall–Kier alpha value is -2.11. The van der Waals surface area contributed by atoms with Gasteiger partial charge in [-0.3, -0.25) is 14.6 Å². The highest BCUT2D eigenvalue weighted by Gasteiger charge is 2.14. The first-order chi connectivity index (χ1) is 9.16. The van der Waals surface area contributed by atoms with Crippen molar-refractivity contribution in [3.8, 4) is 0 Å². The topological polar surface area (TPSA) is 82.5 Å². The summed E-state index contributed by atoms with van der Waals surface area (Å²) >= 11 is 0. The van der Waals surface area contributed by atoms with Gasteiger partial charge in [-0.15, -0.1) is 0 Å². The normalized spacial score (nSPS) is 14.4. The molecule has 1 aliphatic rings. The first kappa shape index (κ1) is 13.3. The molecular formula is C13H17N3O3. The molecule has 6 nitrogen and oxygen atoms in total. The Morgan fingerprint density at radius 3 is 2.79 bits per heavy atom. The average molecular weight is 263 g/mol. The molecule has 0 bridgehead atoms. The van der Waals surface area contributed by atoms with Crippen molar-refractivity contribution in [1.82, 2.24) is 10.3 Å². The predicted molar refractivity (Wildman–Crippen MR) is 70.3 cm³/mol. The molecule has 0 atom stereocenters. The highest BCUT2D eigenvalue weighted by atomic mass is 16.4. The predicted octanol–water partition coefficient (Wildman–Crippen LogP) is 0.886. The Kier molecular flexibility index (Phi) is 4.33. The molecule has 2 N–H and O–H groups in total. The quantitative estimate of drug-likeness (QED) is 0.824. The van der Waals surface area contributed by atoms with E-state index in [-0.39, 0.29) is 18.9 Å². The number of amides is 1. The monoisotopic (exact) mass is 263 g/mol. The molecule has 0 radical (unpaired) electrons. The van der Waals surface area contributed by atoms with Crippen LogP contribution in [0.4, 0.5) is 5.69 Å². The van der Waals surface area contributed by atoms with Crippen molar-refractivity contribution in [3.05, 3.63) is 24.0 Å². The van der Waals surface area contributed by atoms with Gasteiger partial charge in [-0.2, -0.15) is 0 Å². The fourth-order valence-electron chi connectivity index (χ4n) is 2.09. The molecule has 0 spiro atoms. The van der Waals surface area contributed by atoms with Crippen molar-refractivity contribution >= 4 is 17.6 Å². The third-order valence-corrected chi connectivity index (χ3v) is 3.07. The lowest BCUT2D eigenvalue weighted by molar-refractivity contribution is -0.136. The highest BCUT2D eigenvalue weighted by Crippen LogP contribution is 2.19. The van der Waals surface area contributed by atoms with Gasteiger partial charge >= 0.3 is 5.97 Å². The van der Waals surface area contributed by atoms with E-state index >= 15 is 0 Å². The van der Waals surface area contributed by atoms with Crippen molar-refractivity contribution in [2.45, 2.75) is 19.3 Å². The zero-order chi connectivity index (χ0) is 13.7. The molecule has 0 unspecified atom stereocenters. The summed E-state index contributed by atoms with van der Waals surface area (Å²) < 4.78 is 0. The van der Waals surface area contributed by atoms with Crippen LogP contribution in [-0.2, 0) is 4.79 Å². The second-order valence-electron chi connectivity index (χ2n) is 4.49. The maximum Gasteiger partial charge on any atom is 0.305 e. The lowest BCUT2D eigenvalue weighted by Crippen LogP contribution is -2.27. The number of pyridine rings is 1. The van der Waals surface area contributed by atoms with Gasteiger partial charge in [-0.1, -0.05) is 0 Å². The summed E-state index contributed by atoms with van der Waals surface area (Å²) in [4.78, 5) is 28.4. The molecule has 1 aromatic rings. The van der Waals surface area contributed by atoms with E-state index in [1.165, 1.54) is 12.8 Å². The molecule has 0 aliphatic carbocycles. The van der Waals surface area contributed by atoms with Crippen LogP contribution in [0.25, 0.3) is 0 Å². The summed E-state index contributed by atoms with van der Waals surface area (Å²) in [5.74, 6) is -1.26. The van der Waals surface area contributed by atoms with E-state index in [9.17, 15) is 9.59 Å². The fraction of sp³-hybridized carbons (Fsp3) is 0.462. The lowest BCUT2D eigenvalue weighted by atomic mass is 10.2. The standard InChI is InChI=1S/C13H17N3O3/c17-12(18)4-6-15-13(19)11-9-10(3-5-14-11)16-7-1-2-8-16/h3,5,9H,1-2,4,6-8H2,(H,15,19)(H,17,18). The van der Waals surface area contributed by atoms with Crippen molar-refractivity contribution in [1.29, 1.82) is 0 Å². The van der Waals surface area contributed by atoms with Gasteiger partial charge in [0.1, 0.15) is 5.69 Å². The molecule has 1 aromatic heterocycles. The van der Waals surface area contributed by atoms with Crippen molar-refractivity contribution in [2.24, 2.45) is 0 Å². The van der Waals surface area contributed by atoms with Gasteiger partial charge in [0.05, 0.1) is 6.42 Å². The fourth-order valence-corrected chi connectivity index (χ4v) is 2.09. The van der Waals surface area contributed by atoms with E-state index in [1.54, 1.807) is 12.3 Å². The number of nitrogens with zero attached hydrogens (tertiary/aromatic N) is 2. The Morgan fingerprint density at radius 1 is 1.37 bits per heavy atom. The van der Waals surface area contributed by atoms with Gasteiger partial charge in [-0.25, -0.2) is 0 Å². The number of hydrogen-bond donors (Lipinski definition) is 2. The van der Waals surface area contributed by atoms with E-state index in [1.807, 2.05) is 6.07 Å². The smallest absolute Gasteiger partial charge is 0.305 e. The number of carboxylic acids is 1. The molecule has 1 aliphatic heterocycles. The number of hydrogen-bond acceptors (Lipinski definition) is 4. The van der Waals surface area contributed by atoms with Crippen LogP contribution < -0.4 is 10.2 Å². The largest absolute Gasteiger partial charge is 0.481 e. The van der Waals surface area contributed by atoms with E-state index < -0.39 is 5.97 Å². The van der Waals surface area contributed by atoms with Crippen LogP contribution in [-0.4, -0.2) is 41.6 Å². The van der Waals surface area contributed by atoms with Gasteiger partial charge in [0, 0.05) is 31.5 Å². The van der Waals surface area contributed by atoms with E-state index in [4.69, 9.17) is 5.11 Å². The maximum atomic E-state index is 11.8. The molecule has 0 aromatic carbocycles. The molecule has 0 saturated carbocycles. The van der Waals surface area contributed by atoms with Gasteiger partial charge in [0.25, 0.3) is 5.91 Å². The molecular weight excluding hydrogens is 246 g/mol. The molecule has 102 valence electrons. The SMILES string of the molecule is O=C(O)CCNC(=O)c1cc(N2CCCC2)ccn1. The summed E-state index contributed by atoms with van der Waals surface area (Å²) in [7, 11) is 0. The minimum atomic E-state index is -0.931. The van der Waals surface area contributed by atoms with Gasteiger partial charge < -0.3 is 15.3 Å². The van der Waals surface area contributed by atoms with Gasteiger partial charge in [0.15, 0.2) is 0 Å². The third-order valence-electron chi connectivity index (χ3n) is 3.07. The highest BCUT2D eigenvalue weighted by molar-refractivity contribution is 5.93. The summed E-state index contributed by atoms with van der Waals surface area (Å²) in [6.45, 7) is 2.12. The number of carboxylic acid groups (broad SMARTS) is 1. The zero-order valence-corrected chi connectivity index (χ0v) is 10.6. The van der Waals surface area contributed by atoms with E-state index in [0.717, 1.165) is 18.8 Å². The zero-order valence-electron chi connectivity index (χ0n) is 10.6. The number of nitrogens with one attached hydrogen (secondary N) is 1. The molecule has 1 saturated heterocycles. The number of carbonyl (C=O) groups is 2. The summed E-state index contributed by atoms with van der Waals surface area (Å²) in [6.07, 6.45) is 3.86. The molecule has 1 amide bonds. The van der Waals surface area contributed by atoms with Crippen molar-refractivity contribution in [3.63, 3.8) is 0 Å². The first-order valence-electron chi connectivity index (χ1n) is 6.38. The molecule has 6 heteroatoms. The second-order valence-corrected chi connectivity index (χ2v) is 4.49. The van der Waals surface area contributed by atoms with Crippen LogP contribution in [0.5, 0.6) is 0 Å². The number of aliphatic carboxylic acids is 1. The number of carbonyl (C=O) groups excluding carboxylic acids is 1. The third kappa shape index (κ3) is 3.67. The Balaban J connectivity index is 1.97. The lowest BCUT2D eigenvalue weighted by Gasteiger charge is -2.17. The molecule has 1 fully saturated rings. The van der Waals surface area contributed by atoms with Crippen LogP contribution in [0.1, 0.15) is 29.8 Å². The molecule has 2 rings (SSSR count). The average Bonchev–Trinajstić information content (AvgIpc) is 2.92. The number of rotatable bonds is 5. The van der Waals surface area contributed by atoms with Crippen LogP contribution in [0.3, 0.4) is 0 Å². The Labute approximate surface area is 111 Å². The number of anilines is 1. The second kappa shape index (κ2) is 6.17. The van der Waals surface area contributed by atoms with Crippen molar-refractivity contribution < 1.29 is 14.7 Å². The van der Waals surface area contributed by atoms with Gasteiger partial charge in [0.2, 0.25) is 0 Å². The number of aromatic nitrogens is 1. The van der Waals surface area contributed by atoms with Crippen LogP contribution >= 0.6 is 0 Å². The minimum Gasteiger partial charge on any atom is -0.481 e. The summed E-state index contributed by atoms with van der Waals surface area (Å²) in [5.41, 5.74) is 1.32. The minimum absolute atomic E-state index is 0.0858. The van der Waals surface area contributed by atoms with E-state index in [0.29, 0.717) is 5.69 Å². The first-order valence-corrected chi connectivity index (χ1v) is 6.38. The maximum absolute atomic E-state index is 11.8. The van der Waals surface area contributed by atoms with Gasteiger partial charge in [-0.05, 0) is 25.0 Å². The Bertz CT molecular complexity index is 470. The Morgan fingerprint density at radius 2 is 2.11 bits per heavy atom. The van der Waals surface area contributed by atoms with Crippen LogP contribution in [0, 0.1) is 0 Å². The summed E-state index contributed by atoms with van der Waals surface area (Å²) in [5, 5.41) is 11.1. The molecule has 2 heterocycles. The van der Waals surface area contributed by atoms with Crippen molar-refractivity contribution in [2.75, 3.05) is 24.5 Å². The van der Waals surface area contributed by atoms with E-state index in [2.05, 4.69) is 15.2 Å². The molecule has 19 heavy (non-hydrogen) atoms. The van der Waals surface area contributed by atoms with Crippen LogP contribution in [0.15, 0.2) is 18.3 Å².